The summed E-state index contributed by atoms with van der Waals surface area (Å²) < 4.78 is 12.1. The monoisotopic (exact) mass is 448 g/mol. The Bertz CT molecular complexity index is 992. The molecule has 0 aliphatic carbocycles. The SMILES string of the molecule is C=Cc1ccccc1CN1CCOC2(CCN(C(=O)c3ccc(OC(C)C)c(C)c3)CC2)C1. The van der Waals surface area contributed by atoms with E-state index in [2.05, 4.69) is 35.7 Å². The van der Waals surface area contributed by atoms with Gasteiger partial charge in [-0.1, -0.05) is 36.9 Å². The topological polar surface area (TPSA) is 42.0 Å². The maximum atomic E-state index is 13.2. The normalized spacial score (nSPS) is 18.5. The third kappa shape index (κ3) is 5.48. The molecule has 33 heavy (non-hydrogen) atoms. The summed E-state index contributed by atoms with van der Waals surface area (Å²) >= 11 is 0. The molecule has 2 heterocycles. The van der Waals surface area contributed by atoms with E-state index in [9.17, 15) is 4.79 Å². The number of nitrogens with zero attached hydrogens (tertiary/aromatic N) is 2. The highest BCUT2D eigenvalue weighted by molar-refractivity contribution is 5.94. The standard InChI is InChI=1S/C28H36N2O3/c1-5-23-8-6-7-9-25(23)19-29-16-17-32-28(20-29)12-14-30(15-13-28)27(31)24-10-11-26(22(4)18-24)33-21(2)3/h5-11,18,21H,1,12-17,19-20H2,2-4H3. The predicted molar refractivity (Wildman–Crippen MR) is 133 cm³/mol. The third-order valence-corrected chi connectivity index (χ3v) is 6.74. The van der Waals surface area contributed by atoms with Crippen LogP contribution in [0.5, 0.6) is 5.75 Å². The van der Waals surface area contributed by atoms with E-state index in [0.717, 1.165) is 69.0 Å². The fourth-order valence-electron chi connectivity index (χ4n) is 4.95. The number of morpholine rings is 1. The zero-order chi connectivity index (χ0) is 23.4. The number of rotatable bonds is 6. The van der Waals surface area contributed by atoms with E-state index in [-0.39, 0.29) is 17.6 Å². The van der Waals surface area contributed by atoms with Gasteiger partial charge in [-0.2, -0.15) is 0 Å². The van der Waals surface area contributed by atoms with Gasteiger partial charge in [0.1, 0.15) is 5.75 Å². The zero-order valence-electron chi connectivity index (χ0n) is 20.2. The van der Waals surface area contributed by atoms with E-state index in [1.807, 2.05) is 49.9 Å². The molecule has 0 atom stereocenters. The molecule has 2 aliphatic rings. The Morgan fingerprint density at radius 2 is 1.94 bits per heavy atom. The van der Waals surface area contributed by atoms with Crippen molar-refractivity contribution in [3.8, 4) is 5.75 Å². The number of benzene rings is 2. The number of carbonyl (C=O) groups excluding carboxylic acids is 1. The van der Waals surface area contributed by atoms with Gasteiger partial charge in [0.15, 0.2) is 0 Å². The number of carbonyl (C=O) groups is 1. The highest BCUT2D eigenvalue weighted by atomic mass is 16.5. The van der Waals surface area contributed by atoms with Crippen molar-refractivity contribution in [2.75, 3.05) is 32.8 Å². The van der Waals surface area contributed by atoms with Crippen LogP contribution >= 0.6 is 0 Å². The average molecular weight is 449 g/mol. The fourth-order valence-corrected chi connectivity index (χ4v) is 4.95. The van der Waals surface area contributed by atoms with Gasteiger partial charge in [-0.3, -0.25) is 9.69 Å². The lowest BCUT2D eigenvalue weighted by molar-refractivity contribution is -0.134. The fraction of sp³-hybridized carbons (Fsp3) is 0.464. The summed E-state index contributed by atoms with van der Waals surface area (Å²) in [5.41, 5.74) is 4.06. The Kier molecular flexibility index (Phi) is 7.20. The van der Waals surface area contributed by atoms with Crippen LogP contribution in [0.25, 0.3) is 6.08 Å². The first-order valence-electron chi connectivity index (χ1n) is 12.0. The van der Waals surface area contributed by atoms with E-state index in [1.54, 1.807) is 0 Å². The van der Waals surface area contributed by atoms with Crippen LogP contribution in [-0.2, 0) is 11.3 Å². The van der Waals surface area contributed by atoms with Crippen molar-refractivity contribution in [3.05, 3.63) is 71.3 Å². The first-order chi connectivity index (χ1) is 15.9. The number of amides is 1. The van der Waals surface area contributed by atoms with Crippen molar-refractivity contribution in [1.29, 1.82) is 0 Å². The average Bonchev–Trinajstić information content (AvgIpc) is 2.81. The molecule has 0 unspecified atom stereocenters. The number of piperidine rings is 1. The molecule has 2 saturated heterocycles. The van der Waals surface area contributed by atoms with Crippen LogP contribution in [0, 0.1) is 6.92 Å². The number of hydrogen-bond donors (Lipinski definition) is 0. The lowest BCUT2D eigenvalue weighted by Crippen LogP contribution is -2.57. The van der Waals surface area contributed by atoms with Gasteiger partial charge in [0.2, 0.25) is 0 Å². The summed E-state index contributed by atoms with van der Waals surface area (Å²) in [5, 5.41) is 0. The molecule has 5 nitrogen and oxygen atoms in total. The van der Waals surface area contributed by atoms with Crippen LogP contribution in [0.4, 0.5) is 0 Å². The molecule has 0 N–H and O–H groups in total. The van der Waals surface area contributed by atoms with Gasteiger partial charge in [-0.15, -0.1) is 0 Å². The van der Waals surface area contributed by atoms with Crippen molar-refractivity contribution < 1.29 is 14.3 Å². The first kappa shape index (κ1) is 23.5. The van der Waals surface area contributed by atoms with Crippen molar-refractivity contribution >= 4 is 12.0 Å². The van der Waals surface area contributed by atoms with Crippen molar-refractivity contribution in [2.24, 2.45) is 0 Å². The number of aryl methyl sites for hydroxylation is 1. The molecule has 0 saturated carbocycles. The first-order valence-corrected chi connectivity index (χ1v) is 12.0. The Hall–Kier alpha value is -2.63. The molecule has 4 rings (SSSR count). The minimum atomic E-state index is -0.164. The lowest BCUT2D eigenvalue weighted by atomic mass is 9.88. The van der Waals surface area contributed by atoms with E-state index in [0.29, 0.717) is 0 Å². The van der Waals surface area contributed by atoms with Crippen LogP contribution in [0.1, 0.15) is 53.7 Å². The van der Waals surface area contributed by atoms with Gasteiger partial charge in [0.25, 0.3) is 5.91 Å². The van der Waals surface area contributed by atoms with Crippen LogP contribution in [-0.4, -0.2) is 60.2 Å². The van der Waals surface area contributed by atoms with Gasteiger partial charge < -0.3 is 14.4 Å². The Labute approximate surface area is 198 Å². The summed E-state index contributed by atoms with van der Waals surface area (Å²) in [7, 11) is 0. The molecule has 0 radical (unpaired) electrons. The zero-order valence-corrected chi connectivity index (χ0v) is 20.2. The quantitative estimate of drug-likeness (QED) is 0.628. The number of ether oxygens (including phenoxy) is 2. The molecule has 0 bridgehead atoms. The third-order valence-electron chi connectivity index (χ3n) is 6.74. The summed E-state index contributed by atoms with van der Waals surface area (Å²) in [6, 6.07) is 14.2. The lowest BCUT2D eigenvalue weighted by Gasteiger charge is -2.47. The summed E-state index contributed by atoms with van der Waals surface area (Å²) in [6.07, 6.45) is 3.78. The molecule has 176 valence electrons. The summed E-state index contributed by atoms with van der Waals surface area (Å²) in [4.78, 5) is 17.6. The van der Waals surface area contributed by atoms with E-state index in [4.69, 9.17) is 9.47 Å². The van der Waals surface area contributed by atoms with Gasteiger partial charge >= 0.3 is 0 Å². The molecule has 2 aromatic carbocycles. The van der Waals surface area contributed by atoms with Gasteiger partial charge in [-0.25, -0.2) is 0 Å². The Morgan fingerprint density at radius 3 is 2.64 bits per heavy atom. The minimum absolute atomic E-state index is 0.0941. The van der Waals surface area contributed by atoms with Crippen LogP contribution in [0.3, 0.4) is 0 Å². The highest BCUT2D eigenvalue weighted by Gasteiger charge is 2.40. The molecule has 2 fully saturated rings. The van der Waals surface area contributed by atoms with E-state index < -0.39 is 0 Å². The highest BCUT2D eigenvalue weighted by Crippen LogP contribution is 2.32. The number of likely N-dealkylation sites (tertiary alicyclic amines) is 1. The number of hydrogen-bond acceptors (Lipinski definition) is 4. The van der Waals surface area contributed by atoms with Crippen molar-refractivity contribution in [2.45, 2.75) is 51.9 Å². The largest absolute Gasteiger partial charge is 0.491 e. The van der Waals surface area contributed by atoms with Crippen LogP contribution < -0.4 is 4.74 Å². The Balaban J connectivity index is 1.37. The maximum absolute atomic E-state index is 13.2. The molecule has 0 aromatic heterocycles. The van der Waals surface area contributed by atoms with E-state index in [1.165, 1.54) is 11.1 Å². The van der Waals surface area contributed by atoms with Crippen LogP contribution in [0.2, 0.25) is 0 Å². The predicted octanol–water partition coefficient (Wildman–Crippen LogP) is 4.93. The Morgan fingerprint density at radius 1 is 1.18 bits per heavy atom. The smallest absolute Gasteiger partial charge is 0.253 e. The summed E-state index contributed by atoms with van der Waals surface area (Å²) in [6.45, 7) is 14.9. The van der Waals surface area contributed by atoms with Gasteiger partial charge in [-0.05, 0) is 68.5 Å². The molecular formula is C28H36N2O3. The van der Waals surface area contributed by atoms with Crippen molar-refractivity contribution in [1.82, 2.24) is 9.80 Å². The van der Waals surface area contributed by atoms with Gasteiger partial charge in [0, 0.05) is 38.3 Å². The van der Waals surface area contributed by atoms with Crippen LogP contribution in [0.15, 0.2) is 49.0 Å². The molecule has 2 aliphatic heterocycles. The van der Waals surface area contributed by atoms with E-state index >= 15 is 0 Å². The summed E-state index contributed by atoms with van der Waals surface area (Å²) in [5.74, 6) is 0.935. The molecule has 2 aromatic rings. The van der Waals surface area contributed by atoms with Crippen molar-refractivity contribution in [3.63, 3.8) is 0 Å². The molecule has 1 amide bonds. The minimum Gasteiger partial charge on any atom is -0.491 e. The second-order valence-corrected chi connectivity index (χ2v) is 9.58. The molecule has 1 spiro atoms. The molecular weight excluding hydrogens is 412 g/mol. The second kappa shape index (κ2) is 10.1. The second-order valence-electron chi connectivity index (χ2n) is 9.58. The van der Waals surface area contributed by atoms with Gasteiger partial charge in [0.05, 0.1) is 18.3 Å². The molecule has 5 heteroatoms. The maximum Gasteiger partial charge on any atom is 0.253 e.